The van der Waals surface area contributed by atoms with Crippen molar-refractivity contribution in [2.24, 2.45) is 5.10 Å². The van der Waals surface area contributed by atoms with Gasteiger partial charge in [-0.3, -0.25) is 5.43 Å². The van der Waals surface area contributed by atoms with Crippen LogP contribution in [-0.4, -0.2) is 10.7 Å². The van der Waals surface area contributed by atoms with Crippen molar-refractivity contribution in [3.05, 3.63) is 71.1 Å². The van der Waals surface area contributed by atoms with Crippen molar-refractivity contribution < 1.29 is 0 Å². The largest absolute Gasteiger partial charge is 0.252 e. The molecule has 3 aromatic rings. The van der Waals surface area contributed by atoms with Crippen LogP contribution in [0, 0.1) is 6.92 Å². The number of hydrazone groups is 1. The zero-order chi connectivity index (χ0) is 15.4. The van der Waals surface area contributed by atoms with Crippen molar-refractivity contribution in [3.63, 3.8) is 0 Å². The van der Waals surface area contributed by atoms with Gasteiger partial charge in [0, 0.05) is 10.9 Å². The van der Waals surface area contributed by atoms with Gasteiger partial charge in [0.25, 0.3) is 0 Å². The number of nitrogens with one attached hydrogen (secondary N) is 1. The van der Waals surface area contributed by atoms with Crippen LogP contribution in [-0.2, 0) is 0 Å². The number of hydrogen-bond acceptors (Lipinski definition) is 4. The van der Waals surface area contributed by atoms with Crippen LogP contribution in [0.15, 0.2) is 65.1 Å². The average molecular weight is 307 g/mol. The molecule has 0 saturated heterocycles. The van der Waals surface area contributed by atoms with Gasteiger partial charge in [0.15, 0.2) is 0 Å². The molecule has 0 bridgehead atoms. The van der Waals surface area contributed by atoms with Crippen LogP contribution >= 0.6 is 11.3 Å². The maximum Gasteiger partial charge on any atom is 0.203 e. The summed E-state index contributed by atoms with van der Waals surface area (Å²) in [5, 5.41) is 7.24. The Morgan fingerprint density at radius 3 is 2.50 bits per heavy atom. The lowest BCUT2D eigenvalue weighted by atomic mass is 10.1. The van der Waals surface area contributed by atoms with Crippen LogP contribution in [0.2, 0.25) is 0 Å². The lowest BCUT2D eigenvalue weighted by Crippen LogP contribution is -1.99. The molecule has 4 heteroatoms. The number of thiazole rings is 1. The molecule has 0 aliphatic heterocycles. The van der Waals surface area contributed by atoms with Gasteiger partial charge >= 0.3 is 0 Å². The summed E-state index contributed by atoms with van der Waals surface area (Å²) in [6, 6.07) is 18.5. The second-order valence-electron chi connectivity index (χ2n) is 5.08. The second kappa shape index (κ2) is 6.54. The van der Waals surface area contributed by atoms with Crippen molar-refractivity contribution in [2.75, 3.05) is 5.43 Å². The van der Waals surface area contributed by atoms with Crippen LogP contribution in [0.3, 0.4) is 0 Å². The Hall–Kier alpha value is -2.46. The van der Waals surface area contributed by atoms with Crippen molar-refractivity contribution in [2.45, 2.75) is 13.8 Å². The molecule has 3 nitrogen and oxygen atoms in total. The van der Waals surface area contributed by atoms with E-state index in [2.05, 4.69) is 46.7 Å². The number of aryl methyl sites for hydroxylation is 1. The highest BCUT2D eigenvalue weighted by molar-refractivity contribution is 7.14. The standard InChI is InChI=1S/C18H17N3S/c1-13-8-10-16(11-9-13)17-12-22-18(19-17)21-20-14(2)15-6-4-3-5-7-15/h3-12H,1-2H3,(H,19,21)/b20-14-. The van der Waals surface area contributed by atoms with E-state index in [-0.39, 0.29) is 0 Å². The third-order valence-electron chi connectivity index (χ3n) is 3.36. The molecule has 0 saturated carbocycles. The average Bonchev–Trinajstić information content (AvgIpc) is 3.03. The first-order valence-electron chi connectivity index (χ1n) is 7.10. The molecule has 2 aromatic carbocycles. The van der Waals surface area contributed by atoms with E-state index in [1.54, 1.807) is 11.3 Å². The van der Waals surface area contributed by atoms with E-state index >= 15 is 0 Å². The molecule has 0 radical (unpaired) electrons. The summed E-state index contributed by atoms with van der Waals surface area (Å²) in [5.41, 5.74) is 8.43. The first-order valence-corrected chi connectivity index (χ1v) is 7.98. The molecule has 3 rings (SSSR count). The van der Waals surface area contributed by atoms with Crippen molar-refractivity contribution in [3.8, 4) is 11.3 Å². The molecule has 22 heavy (non-hydrogen) atoms. The van der Waals surface area contributed by atoms with Crippen LogP contribution < -0.4 is 5.43 Å². The zero-order valence-electron chi connectivity index (χ0n) is 12.6. The summed E-state index contributed by atoms with van der Waals surface area (Å²) in [6.07, 6.45) is 0. The first-order chi connectivity index (χ1) is 10.7. The molecule has 1 heterocycles. The lowest BCUT2D eigenvalue weighted by molar-refractivity contribution is 1.27. The van der Waals surface area contributed by atoms with Gasteiger partial charge in [-0.1, -0.05) is 60.2 Å². The highest BCUT2D eigenvalue weighted by atomic mass is 32.1. The molecular formula is C18H17N3S. The number of anilines is 1. The predicted octanol–water partition coefficient (Wildman–Crippen LogP) is 4.95. The highest BCUT2D eigenvalue weighted by Crippen LogP contribution is 2.25. The summed E-state index contributed by atoms with van der Waals surface area (Å²) < 4.78 is 0. The van der Waals surface area contributed by atoms with Crippen LogP contribution in [0.25, 0.3) is 11.3 Å². The van der Waals surface area contributed by atoms with E-state index in [0.29, 0.717) is 0 Å². The van der Waals surface area contributed by atoms with E-state index < -0.39 is 0 Å². The summed E-state index contributed by atoms with van der Waals surface area (Å²) >= 11 is 1.56. The Bertz CT molecular complexity index is 774. The minimum absolute atomic E-state index is 0.797. The molecule has 0 spiro atoms. The SMILES string of the molecule is C/C(=N/Nc1nc(-c2ccc(C)cc2)cs1)c1ccccc1. The molecular weight excluding hydrogens is 290 g/mol. The summed E-state index contributed by atoms with van der Waals surface area (Å²) in [4.78, 5) is 4.58. The number of nitrogens with zero attached hydrogens (tertiary/aromatic N) is 2. The smallest absolute Gasteiger partial charge is 0.203 e. The van der Waals surface area contributed by atoms with Gasteiger partial charge in [-0.2, -0.15) is 5.10 Å². The minimum Gasteiger partial charge on any atom is -0.252 e. The van der Waals surface area contributed by atoms with Gasteiger partial charge in [-0.15, -0.1) is 11.3 Å². The Balaban J connectivity index is 1.73. The summed E-state index contributed by atoms with van der Waals surface area (Å²) in [5.74, 6) is 0. The topological polar surface area (TPSA) is 37.3 Å². The van der Waals surface area contributed by atoms with Crippen LogP contribution in [0.5, 0.6) is 0 Å². The van der Waals surface area contributed by atoms with Crippen molar-refractivity contribution >= 4 is 22.2 Å². The monoisotopic (exact) mass is 307 g/mol. The molecule has 1 N–H and O–H groups in total. The number of benzene rings is 2. The Labute approximate surface area is 134 Å². The summed E-state index contributed by atoms with van der Waals surface area (Å²) in [6.45, 7) is 4.07. The normalized spacial score (nSPS) is 11.5. The van der Waals surface area contributed by atoms with E-state index in [9.17, 15) is 0 Å². The zero-order valence-corrected chi connectivity index (χ0v) is 13.4. The first kappa shape index (κ1) is 14.5. The number of rotatable bonds is 4. The molecule has 0 aliphatic rings. The maximum absolute atomic E-state index is 4.58. The fourth-order valence-electron chi connectivity index (χ4n) is 2.06. The van der Waals surface area contributed by atoms with Gasteiger partial charge < -0.3 is 0 Å². The van der Waals surface area contributed by atoms with Gasteiger partial charge in [0.1, 0.15) is 0 Å². The fraction of sp³-hybridized carbons (Fsp3) is 0.111. The van der Waals surface area contributed by atoms with Crippen molar-refractivity contribution in [1.29, 1.82) is 0 Å². The van der Waals surface area contributed by atoms with E-state index in [1.807, 2.05) is 42.6 Å². The van der Waals surface area contributed by atoms with Crippen LogP contribution in [0.1, 0.15) is 18.1 Å². The number of aromatic nitrogens is 1. The molecule has 1 aromatic heterocycles. The van der Waals surface area contributed by atoms with E-state index in [1.165, 1.54) is 5.56 Å². The maximum atomic E-state index is 4.58. The predicted molar refractivity (Wildman–Crippen MR) is 94.6 cm³/mol. The summed E-state index contributed by atoms with van der Waals surface area (Å²) in [7, 11) is 0. The van der Waals surface area contributed by atoms with Crippen molar-refractivity contribution in [1.82, 2.24) is 4.98 Å². The molecule has 0 amide bonds. The Morgan fingerprint density at radius 1 is 1.05 bits per heavy atom. The molecule has 0 aliphatic carbocycles. The molecule has 0 atom stereocenters. The van der Waals surface area contributed by atoms with Gasteiger partial charge in [0.2, 0.25) is 5.13 Å². The third kappa shape index (κ3) is 3.40. The van der Waals surface area contributed by atoms with Gasteiger partial charge in [-0.05, 0) is 19.4 Å². The Kier molecular flexibility index (Phi) is 4.30. The fourth-order valence-corrected chi connectivity index (χ4v) is 2.72. The highest BCUT2D eigenvalue weighted by Gasteiger charge is 2.04. The minimum atomic E-state index is 0.797. The second-order valence-corrected chi connectivity index (χ2v) is 5.94. The van der Waals surface area contributed by atoms with Crippen LogP contribution in [0.4, 0.5) is 5.13 Å². The molecule has 110 valence electrons. The quantitative estimate of drug-likeness (QED) is 0.546. The molecule has 0 fully saturated rings. The number of hydrogen-bond donors (Lipinski definition) is 1. The van der Waals surface area contributed by atoms with E-state index in [4.69, 9.17) is 0 Å². The molecule has 0 unspecified atom stereocenters. The third-order valence-corrected chi connectivity index (χ3v) is 4.11. The van der Waals surface area contributed by atoms with E-state index in [0.717, 1.165) is 27.7 Å². The lowest BCUT2D eigenvalue weighted by Gasteiger charge is -2.00. The Morgan fingerprint density at radius 2 is 1.77 bits per heavy atom. The van der Waals surface area contributed by atoms with Gasteiger partial charge in [-0.25, -0.2) is 4.98 Å². The van der Waals surface area contributed by atoms with Gasteiger partial charge in [0.05, 0.1) is 11.4 Å².